The second kappa shape index (κ2) is 8.56. The van der Waals surface area contributed by atoms with Gasteiger partial charge in [-0.25, -0.2) is 0 Å². The number of carbonyl (C=O) groups excluding carboxylic acids is 2. The van der Waals surface area contributed by atoms with Crippen LogP contribution in [0, 0.1) is 10.1 Å². The summed E-state index contributed by atoms with van der Waals surface area (Å²) < 4.78 is 0.678. The number of thiophene rings is 1. The van der Waals surface area contributed by atoms with Crippen molar-refractivity contribution in [3.05, 3.63) is 61.3 Å². The van der Waals surface area contributed by atoms with E-state index >= 15 is 0 Å². The molecule has 0 radical (unpaired) electrons. The molecule has 132 valence electrons. The van der Waals surface area contributed by atoms with E-state index in [1.54, 1.807) is 18.0 Å². The van der Waals surface area contributed by atoms with Crippen LogP contribution in [0.5, 0.6) is 0 Å². The first-order chi connectivity index (χ1) is 11.8. The molecule has 0 saturated carbocycles. The van der Waals surface area contributed by atoms with Crippen LogP contribution in [0.2, 0.25) is 4.34 Å². The van der Waals surface area contributed by atoms with E-state index in [0.29, 0.717) is 10.9 Å². The number of nitrogens with one attached hydrogen (secondary N) is 2. The van der Waals surface area contributed by atoms with Crippen LogP contribution in [-0.4, -0.2) is 35.2 Å². The van der Waals surface area contributed by atoms with Crippen LogP contribution in [0.1, 0.15) is 15.2 Å². The van der Waals surface area contributed by atoms with Crippen molar-refractivity contribution in [2.45, 2.75) is 6.54 Å². The van der Waals surface area contributed by atoms with Crippen molar-refractivity contribution in [3.8, 4) is 0 Å². The van der Waals surface area contributed by atoms with Gasteiger partial charge in [0.25, 0.3) is 17.5 Å². The Labute approximate surface area is 152 Å². The molecule has 1 aromatic carbocycles. The number of carbonyl (C=O) groups is 2. The fraction of sp³-hybridized carbons (Fsp3) is 0.200. The molecule has 8 nitrogen and oxygen atoms in total. The van der Waals surface area contributed by atoms with Crippen molar-refractivity contribution in [3.63, 3.8) is 0 Å². The molecule has 0 saturated heterocycles. The Morgan fingerprint density at radius 1 is 1.28 bits per heavy atom. The van der Waals surface area contributed by atoms with Crippen LogP contribution in [0.3, 0.4) is 0 Å². The highest BCUT2D eigenvalue weighted by Crippen LogP contribution is 2.22. The number of hydrazine groups is 1. The van der Waals surface area contributed by atoms with E-state index in [0.717, 1.165) is 10.9 Å². The number of non-ortho nitro benzene ring substituents is 1. The molecule has 2 amide bonds. The van der Waals surface area contributed by atoms with Crippen LogP contribution in [0.4, 0.5) is 5.69 Å². The topological polar surface area (TPSA) is 105 Å². The summed E-state index contributed by atoms with van der Waals surface area (Å²) in [6, 6.07) is 8.89. The highest BCUT2D eigenvalue weighted by molar-refractivity contribution is 7.16. The highest BCUT2D eigenvalue weighted by Gasteiger charge is 2.13. The minimum absolute atomic E-state index is 0.0603. The van der Waals surface area contributed by atoms with E-state index in [2.05, 4.69) is 10.9 Å². The molecule has 1 aromatic heterocycles. The molecule has 1 heterocycles. The van der Waals surface area contributed by atoms with Crippen molar-refractivity contribution in [2.24, 2.45) is 0 Å². The number of rotatable bonds is 6. The van der Waals surface area contributed by atoms with Gasteiger partial charge in [-0.3, -0.25) is 35.5 Å². The van der Waals surface area contributed by atoms with Crippen LogP contribution < -0.4 is 10.9 Å². The van der Waals surface area contributed by atoms with Crippen LogP contribution in [-0.2, 0) is 11.3 Å². The summed E-state index contributed by atoms with van der Waals surface area (Å²) >= 11 is 7.28. The molecule has 10 heteroatoms. The maximum atomic E-state index is 11.9. The minimum atomic E-state index is -0.634. The van der Waals surface area contributed by atoms with Crippen molar-refractivity contribution >= 4 is 40.4 Å². The zero-order chi connectivity index (χ0) is 18.4. The number of nitrogens with zero attached hydrogens (tertiary/aromatic N) is 2. The lowest BCUT2D eigenvalue weighted by Crippen LogP contribution is -2.45. The summed E-state index contributed by atoms with van der Waals surface area (Å²) in [6.07, 6.45) is 0. The predicted octanol–water partition coefficient (Wildman–Crippen LogP) is 2.20. The van der Waals surface area contributed by atoms with Crippen LogP contribution in [0.25, 0.3) is 0 Å². The fourth-order valence-corrected chi connectivity index (χ4v) is 3.17. The first-order valence-corrected chi connectivity index (χ1v) is 8.31. The third-order valence-electron chi connectivity index (χ3n) is 3.10. The molecule has 2 aromatic rings. The van der Waals surface area contributed by atoms with Crippen LogP contribution >= 0.6 is 22.9 Å². The Morgan fingerprint density at radius 3 is 2.68 bits per heavy atom. The van der Waals surface area contributed by atoms with Gasteiger partial charge in [0.15, 0.2) is 0 Å². The highest BCUT2D eigenvalue weighted by atomic mass is 35.5. The first-order valence-electron chi connectivity index (χ1n) is 7.11. The number of nitro groups is 1. The first kappa shape index (κ1) is 18.8. The van der Waals surface area contributed by atoms with Crippen LogP contribution in [0.15, 0.2) is 36.4 Å². The predicted molar refractivity (Wildman–Crippen MR) is 94.4 cm³/mol. The number of nitro benzene ring substituents is 1. The van der Waals surface area contributed by atoms with E-state index in [4.69, 9.17) is 11.6 Å². The molecule has 0 aliphatic heterocycles. The molecule has 2 N–H and O–H groups in total. The smallest absolute Gasteiger partial charge is 0.270 e. The maximum absolute atomic E-state index is 11.9. The summed E-state index contributed by atoms with van der Waals surface area (Å²) in [5.74, 6) is -1.05. The van der Waals surface area contributed by atoms with Gasteiger partial charge in [-0.15, -0.1) is 11.3 Å². The maximum Gasteiger partial charge on any atom is 0.270 e. The van der Waals surface area contributed by atoms with Gasteiger partial charge in [-0.05, 0) is 25.2 Å². The van der Waals surface area contributed by atoms with Gasteiger partial charge in [-0.2, -0.15) is 0 Å². The summed E-state index contributed by atoms with van der Waals surface area (Å²) in [7, 11) is 1.76. The summed E-state index contributed by atoms with van der Waals surface area (Å²) in [6.45, 7) is 0.606. The minimum Gasteiger partial charge on any atom is -0.292 e. The lowest BCUT2D eigenvalue weighted by Gasteiger charge is -2.15. The van der Waals surface area contributed by atoms with Crippen molar-refractivity contribution in [1.82, 2.24) is 15.8 Å². The molecule has 2 rings (SSSR count). The molecule has 0 aliphatic rings. The quantitative estimate of drug-likeness (QED) is 0.588. The third kappa shape index (κ3) is 5.82. The second-order valence-corrected chi connectivity index (χ2v) is 6.99. The molecule has 0 spiro atoms. The monoisotopic (exact) mass is 382 g/mol. The lowest BCUT2D eigenvalue weighted by molar-refractivity contribution is -0.384. The zero-order valence-corrected chi connectivity index (χ0v) is 14.8. The van der Waals surface area contributed by atoms with E-state index in [1.165, 1.54) is 29.5 Å². The molecule has 0 atom stereocenters. The molecule has 0 fully saturated rings. The third-order valence-corrected chi connectivity index (χ3v) is 4.32. The average molecular weight is 383 g/mol. The average Bonchev–Trinajstić information content (AvgIpc) is 2.97. The van der Waals surface area contributed by atoms with E-state index in [1.807, 2.05) is 6.07 Å². The lowest BCUT2D eigenvalue weighted by atomic mass is 10.2. The van der Waals surface area contributed by atoms with Gasteiger partial charge in [0.05, 0.1) is 15.8 Å². The standard InChI is InChI=1S/C15H15ClN4O4S/c1-19(8-12-5-6-13(16)25-12)9-14(21)17-18-15(22)10-3-2-4-11(7-10)20(23)24/h2-7H,8-9H2,1H3,(H,17,21)(H,18,22). The summed E-state index contributed by atoms with van der Waals surface area (Å²) in [4.78, 5) is 36.7. The number of hydrogen-bond donors (Lipinski definition) is 2. The zero-order valence-electron chi connectivity index (χ0n) is 13.2. The molecule has 25 heavy (non-hydrogen) atoms. The van der Waals surface area contributed by atoms with Gasteiger partial charge >= 0.3 is 0 Å². The Morgan fingerprint density at radius 2 is 2.04 bits per heavy atom. The molecular formula is C15H15ClN4O4S. The van der Waals surface area contributed by atoms with Gasteiger partial charge in [-0.1, -0.05) is 17.7 Å². The molecule has 0 bridgehead atoms. The number of hydrogen-bond acceptors (Lipinski definition) is 6. The number of benzene rings is 1. The largest absolute Gasteiger partial charge is 0.292 e. The van der Waals surface area contributed by atoms with Crippen molar-refractivity contribution in [1.29, 1.82) is 0 Å². The van der Waals surface area contributed by atoms with Gasteiger partial charge in [0, 0.05) is 29.1 Å². The number of likely N-dealkylation sites (N-methyl/N-ethyl adjacent to an activating group) is 1. The number of amides is 2. The van der Waals surface area contributed by atoms with Gasteiger partial charge in [0.1, 0.15) is 0 Å². The Bertz CT molecular complexity index is 795. The SMILES string of the molecule is CN(CC(=O)NNC(=O)c1cccc([N+](=O)[O-])c1)Cc1ccc(Cl)s1. The van der Waals surface area contributed by atoms with Crippen molar-refractivity contribution in [2.75, 3.05) is 13.6 Å². The second-order valence-electron chi connectivity index (χ2n) is 5.19. The van der Waals surface area contributed by atoms with E-state index < -0.39 is 16.7 Å². The summed E-state index contributed by atoms with van der Waals surface area (Å²) in [5, 5.41) is 10.7. The Balaban J connectivity index is 1.81. The summed E-state index contributed by atoms with van der Waals surface area (Å²) in [5.41, 5.74) is 4.39. The van der Waals surface area contributed by atoms with E-state index in [9.17, 15) is 19.7 Å². The van der Waals surface area contributed by atoms with Gasteiger partial charge in [0.2, 0.25) is 0 Å². The fourth-order valence-electron chi connectivity index (χ4n) is 2.00. The molecular weight excluding hydrogens is 368 g/mol. The normalized spacial score (nSPS) is 10.5. The number of halogens is 1. The van der Waals surface area contributed by atoms with E-state index in [-0.39, 0.29) is 17.8 Å². The van der Waals surface area contributed by atoms with Crippen molar-refractivity contribution < 1.29 is 14.5 Å². The molecule has 0 unspecified atom stereocenters. The Kier molecular flexibility index (Phi) is 6.45. The Hall–Kier alpha value is -2.49. The molecule has 0 aliphatic carbocycles. The van der Waals surface area contributed by atoms with Gasteiger partial charge < -0.3 is 0 Å².